The van der Waals surface area contributed by atoms with Gasteiger partial charge >= 0.3 is 0 Å². The lowest BCUT2D eigenvalue weighted by Crippen LogP contribution is -2.41. The number of thiocarbonyl (C=S) groups is 1. The number of nitrogens with one attached hydrogen (secondary N) is 3. The van der Waals surface area contributed by atoms with Gasteiger partial charge in [-0.3, -0.25) is 10.4 Å². The fourth-order valence-corrected chi connectivity index (χ4v) is 4.45. The largest absolute Gasteiger partial charge is 0.359 e. The summed E-state index contributed by atoms with van der Waals surface area (Å²) >= 11 is 7.19. The molecule has 1 aliphatic carbocycles. The Bertz CT molecular complexity index is 693. The van der Waals surface area contributed by atoms with E-state index in [1.54, 1.807) is 0 Å². The molecule has 7 heteroatoms. The van der Waals surface area contributed by atoms with Gasteiger partial charge in [0.25, 0.3) is 0 Å². The van der Waals surface area contributed by atoms with Gasteiger partial charge in [-0.05, 0) is 56.1 Å². The standard InChI is InChI=1S/C20H29N5S2/c1-3-18-13-21-20(27-18)23-17-11-9-15(10-12-17)14(2)24-25-19(26)22-16-7-5-4-6-8-16/h9-12,16,18H,3-8,13H2,1-2H3,(H,21,23)(H2,22,25,26)/b24-14-/t18-/m1/s1. The molecule has 0 saturated heterocycles. The Morgan fingerprint density at radius 3 is 2.63 bits per heavy atom. The Kier molecular flexibility index (Phi) is 7.52. The molecule has 1 aliphatic heterocycles. The van der Waals surface area contributed by atoms with Gasteiger partial charge in [-0.2, -0.15) is 5.10 Å². The van der Waals surface area contributed by atoms with Crippen LogP contribution in [0.1, 0.15) is 57.9 Å². The molecule has 1 aromatic carbocycles. The molecule has 2 aliphatic rings. The SMILES string of the molecule is CC[C@@H]1CN=C(Nc2ccc(/C(C)=N\NC(=S)NC3CCCCC3)cc2)S1. The van der Waals surface area contributed by atoms with Crippen molar-refractivity contribution in [2.24, 2.45) is 10.1 Å². The summed E-state index contributed by atoms with van der Waals surface area (Å²) in [6.07, 6.45) is 7.45. The molecule has 27 heavy (non-hydrogen) atoms. The Balaban J connectivity index is 1.48. The van der Waals surface area contributed by atoms with Crippen molar-refractivity contribution in [1.29, 1.82) is 0 Å². The monoisotopic (exact) mass is 403 g/mol. The van der Waals surface area contributed by atoms with Crippen LogP contribution in [0, 0.1) is 0 Å². The molecule has 5 nitrogen and oxygen atoms in total. The average Bonchev–Trinajstić information content (AvgIpc) is 3.15. The summed E-state index contributed by atoms with van der Waals surface area (Å²) in [4.78, 5) is 4.55. The van der Waals surface area contributed by atoms with Crippen LogP contribution in [0.3, 0.4) is 0 Å². The fourth-order valence-electron chi connectivity index (χ4n) is 3.28. The van der Waals surface area contributed by atoms with Crippen LogP contribution < -0.4 is 16.1 Å². The van der Waals surface area contributed by atoms with Crippen LogP contribution in [0.25, 0.3) is 0 Å². The number of aliphatic imine (C=N–C) groups is 1. The minimum atomic E-state index is 0.489. The maximum atomic E-state index is 5.37. The average molecular weight is 404 g/mol. The van der Waals surface area contributed by atoms with E-state index in [-0.39, 0.29) is 0 Å². The van der Waals surface area contributed by atoms with E-state index in [4.69, 9.17) is 12.2 Å². The zero-order chi connectivity index (χ0) is 19.1. The van der Waals surface area contributed by atoms with Crippen LogP contribution in [-0.2, 0) is 0 Å². The van der Waals surface area contributed by atoms with Crippen molar-refractivity contribution >= 4 is 45.7 Å². The van der Waals surface area contributed by atoms with Crippen molar-refractivity contribution in [1.82, 2.24) is 10.7 Å². The van der Waals surface area contributed by atoms with Crippen LogP contribution in [0.4, 0.5) is 5.69 Å². The van der Waals surface area contributed by atoms with Crippen molar-refractivity contribution in [2.75, 3.05) is 11.9 Å². The second kappa shape index (κ2) is 10.1. The van der Waals surface area contributed by atoms with Gasteiger partial charge in [0, 0.05) is 17.0 Å². The van der Waals surface area contributed by atoms with Crippen LogP contribution in [0.15, 0.2) is 34.4 Å². The highest BCUT2D eigenvalue weighted by molar-refractivity contribution is 8.15. The Hall–Kier alpha value is -1.60. The number of nitrogens with zero attached hydrogens (tertiary/aromatic N) is 2. The molecular weight excluding hydrogens is 374 g/mol. The topological polar surface area (TPSA) is 60.8 Å². The van der Waals surface area contributed by atoms with Crippen molar-refractivity contribution in [3.8, 4) is 0 Å². The predicted octanol–water partition coefficient (Wildman–Crippen LogP) is 4.50. The summed E-state index contributed by atoms with van der Waals surface area (Å²) in [6, 6.07) is 8.75. The minimum Gasteiger partial charge on any atom is -0.359 e. The number of hydrazone groups is 1. The van der Waals surface area contributed by atoms with E-state index in [1.165, 1.54) is 32.1 Å². The normalized spacial score (nSPS) is 20.9. The molecule has 0 bridgehead atoms. The zero-order valence-corrected chi connectivity index (χ0v) is 17.8. The van der Waals surface area contributed by atoms with Gasteiger partial charge in [0.05, 0.1) is 12.3 Å². The second-order valence-corrected chi connectivity index (χ2v) is 8.81. The number of anilines is 1. The molecule has 0 amide bonds. The highest BCUT2D eigenvalue weighted by atomic mass is 32.2. The van der Waals surface area contributed by atoms with Crippen LogP contribution in [0.2, 0.25) is 0 Å². The molecule has 1 saturated carbocycles. The van der Waals surface area contributed by atoms with Crippen molar-refractivity contribution in [3.05, 3.63) is 29.8 Å². The highest BCUT2D eigenvalue weighted by Gasteiger charge is 2.17. The third-order valence-electron chi connectivity index (χ3n) is 4.99. The number of amidine groups is 1. The maximum absolute atomic E-state index is 5.37. The third kappa shape index (κ3) is 6.21. The van der Waals surface area contributed by atoms with Crippen molar-refractivity contribution in [3.63, 3.8) is 0 Å². The summed E-state index contributed by atoms with van der Waals surface area (Å²) < 4.78 is 0. The molecule has 1 heterocycles. The van der Waals surface area contributed by atoms with Crippen LogP contribution >= 0.6 is 24.0 Å². The first-order valence-corrected chi connectivity index (χ1v) is 11.1. The first-order valence-electron chi connectivity index (χ1n) is 9.83. The van der Waals surface area contributed by atoms with Crippen molar-refractivity contribution < 1.29 is 0 Å². The molecule has 0 radical (unpaired) electrons. The predicted molar refractivity (Wildman–Crippen MR) is 122 cm³/mol. The molecule has 1 fully saturated rings. The molecule has 1 atom stereocenters. The number of hydrogen-bond donors (Lipinski definition) is 3. The Labute approximate surface area is 171 Å². The van der Waals surface area contributed by atoms with E-state index in [1.807, 2.05) is 18.7 Å². The van der Waals surface area contributed by atoms with Crippen LogP contribution in [0.5, 0.6) is 0 Å². The van der Waals surface area contributed by atoms with Gasteiger partial charge in [0.15, 0.2) is 10.3 Å². The van der Waals surface area contributed by atoms with Gasteiger partial charge in [-0.25, -0.2) is 0 Å². The van der Waals surface area contributed by atoms with Gasteiger partial charge in [-0.15, -0.1) is 0 Å². The van der Waals surface area contributed by atoms with Gasteiger partial charge in [0.2, 0.25) is 0 Å². The molecule has 0 aromatic heterocycles. The van der Waals surface area contributed by atoms with E-state index in [9.17, 15) is 0 Å². The van der Waals surface area contributed by atoms with E-state index < -0.39 is 0 Å². The first-order chi connectivity index (χ1) is 13.1. The number of benzene rings is 1. The van der Waals surface area contributed by atoms with E-state index >= 15 is 0 Å². The zero-order valence-electron chi connectivity index (χ0n) is 16.1. The molecule has 146 valence electrons. The third-order valence-corrected chi connectivity index (χ3v) is 6.47. The fraction of sp³-hybridized carbons (Fsp3) is 0.550. The number of thioether (sulfide) groups is 1. The van der Waals surface area contributed by atoms with Gasteiger partial charge in [-0.1, -0.05) is 50.1 Å². The smallest absolute Gasteiger partial charge is 0.187 e. The second-order valence-electron chi connectivity index (χ2n) is 7.11. The molecular formula is C20H29N5S2. The van der Waals surface area contributed by atoms with E-state index in [0.29, 0.717) is 16.4 Å². The van der Waals surface area contributed by atoms with Gasteiger partial charge < -0.3 is 10.6 Å². The molecule has 1 aromatic rings. The first kappa shape index (κ1) is 20.1. The van der Waals surface area contributed by atoms with E-state index in [0.717, 1.165) is 35.1 Å². The number of rotatable bonds is 5. The highest BCUT2D eigenvalue weighted by Crippen LogP contribution is 2.24. The molecule has 0 spiro atoms. The lowest BCUT2D eigenvalue weighted by atomic mass is 9.96. The van der Waals surface area contributed by atoms with Crippen molar-refractivity contribution in [2.45, 2.75) is 63.7 Å². The lowest BCUT2D eigenvalue weighted by Gasteiger charge is -2.23. The van der Waals surface area contributed by atoms with E-state index in [2.05, 4.69) is 57.3 Å². The maximum Gasteiger partial charge on any atom is 0.187 e. The lowest BCUT2D eigenvalue weighted by molar-refractivity contribution is 0.412. The summed E-state index contributed by atoms with van der Waals surface area (Å²) in [7, 11) is 0. The molecule has 3 N–H and O–H groups in total. The quantitative estimate of drug-likeness (QED) is 0.384. The van der Waals surface area contributed by atoms with Crippen LogP contribution in [-0.4, -0.2) is 33.8 Å². The Morgan fingerprint density at radius 2 is 1.96 bits per heavy atom. The Morgan fingerprint density at radius 1 is 1.22 bits per heavy atom. The number of hydrogen-bond acceptors (Lipinski definition) is 5. The molecule has 0 unspecified atom stereocenters. The summed E-state index contributed by atoms with van der Waals surface area (Å²) in [6.45, 7) is 5.10. The summed E-state index contributed by atoms with van der Waals surface area (Å²) in [5, 5.41) is 13.4. The minimum absolute atomic E-state index is 0.489. The summed E-state index contributed by atoms with van der Waals surface area (Å²) in [5.41, 5.74) is 6.02. The summed E-state index contributed by atoms with van der Waals surface area (Å²) in [5.74, 6) is 0. The molecule has 3 rings (SSSR count). The van der Waals surface area contributed by atoms with Gasteiger partial charge in [0.1, 0.15) is 0 Å².